The highest BCUT2D eigenvalue weighted by Crippen LogP contribution is 2.19. The SMILES string of the molecule is Cc1nc(N2CCN(S(=O)(=O)CCOc3ccccc3)CC2)cc(-n2ccnc2)n1. The molecule has 0 spiro atoms. The van der Waals surface area contributed by atoms with Crippen LogP contribution in [-0.2, 0) is 10.0 Å². The number of piperazine rings is 1. The lowest BCUT2D eigenvalue weighted by Crippen LogP contribution is -2.50. The van der Waals surface area contributed by atoms with Crippen molar-refractivity contribution in [3.8, 4) is 11.6 Å². The quantitative estimate of drug-likeness (QED) is 0.563. The van der Waals surface area contributed by atoms with Gasteiger partial charge in [0, 0.05) is 44.6 Å². The molecule has 0 N–H and O–H groups in total. The number of ether oxygens (including phenoxy) is 1. The van der Waals surface area contributed by atoms with Crippen molar-refractivity contribution < 1.29 is 13.2 Å². The second-order valence-corrected chi connectivity index (χ2v) is 9.05. The minimum atomic E-state index is -3.37. The van der Waals surface area contributed by atoms with Crippen molar-refractivity contribution in [2.75, 3.05) is 43.4 Å². The molecule has 1 aliphatic rings. The van der Waals surface area contributed by atoms with Gasteiger partial charge in [-0.15, -0.1) is 0 Å². The first kappa shape index (κ1) is 20.3. The number of hydrogen-bond donors (Lipinski definition) is 0. The Morgan fingerprint density at radius 1 is 1.03 bits per heavy atom. The molecule has 0 amide bonds. The number of imidazole rings is 1. The first-order valence-electron chi connectivity index (χ1n) is 9.76. The molecule has 10 heteroatoms. The van der Waals surface area contributed by atoms with Gasteiger partial charge in [-0.1, -0.05) is 18.2 Å². The van der Waals surface area contributed by atoms with Gasteiger partial charge in [0.2, 0.25) is 10.0 Å². The molecular formula is C20H24N6O3S. The summed E-state index contributed by atoms with van der Waals surface area (Å²) >= 11 is 0. The summed E-state index contributed by atoms with van der Waals surface area (Å²) in [5.74, 6) is 2.81. The number of rotatable bonds is 7. The smallest absolute Gasteiger partial charge is 0.217 e. The van der Waals surface area contributed by atoms with Crippen LogP contribution in [0.1, 0.15) is 5.82 Å². The van der Waals surface area contributed by atoms with Gasteiger partial charge in [0.15, 0.2) is 0 Å². The van der Waals surface area contributed by atoms with Gasteiger partial charge in [0.25, 0.3) is 0 Å². The van der Waals surface area contributed by atoms with Crippen LogP contribution in [0.2, 0.25) is 0 Å². The number of para-hydroxylation sites is 1. The van der Waals surface area contributed by atoms with E-state index in [0.717, 1.165) is 11.6 Å². The standard InChI is InChI=1S/C20H24N6O3S/c1-17-22-19(15-20(23-17)25-8-7-21-16-25)24-9-11-26(12-10-24)30(27,28)14-13-29-18-5-3-2-4-6-18/h2-8,15-16H,9-14H2,1H3. The predicted molar refractivity (Wildman–Crippen MR) is 113 cm³/mol. The maximum Gasteiger partial charge on any atom is 0.217 e. The molecule has 1 aliphatic heterocycles. The van der Waals surface area contributed by atoms with Crippen LogP contribution in [0, 0.1) is 6.92 Å². The molecule has 0 bridgehead atoms. The van der Waals surface area contributed by atoms with Crippen molar-refractivity contribution in [1.29, 1.82) is 0 Å². The highest BCUT2D eigenvalue weighted by atomic mass is 32.2. The molecule has 1 saturated heterocycles. The van der Waals surface area contributed by atoms with Gasteiger partial charge in [-0.25, -0.2) is 23.4 Å². The number of sulfonamides is 1. The number of aromatic nitrogens is 4. The summed E-state index contributed by atoms with van der Waals surface area (Å²) in [5, 5.41) is 0. The number of benzene rings is 1. The van der Waals surface area contributed by atoms with Crippen molar-refractivity contribution >= 4 is 15.8 Å². The van der Waals surface area contributed by atoms with Crippen LogP contribution in [0.5, 0.6) is 5.75 Å². The van der Waals surface area contributed by atoms with Gasteiger partial charge >= 0.3 is 0 Å². The zero-order valence-corrected chi connectivity index (χ0v) is 17.6. The minimum absolute atomic E-state index is 0.0424. The molecule has 3 aromatic rings. The first-order valence-corrected chi connectivity index (χ1v) is 11.4. The van der Waals surface area contributed by atoms with E-state index in [1.807, 2.05) is 54.1 Å². The fourth-order valence-electron chi connectivity index (χ4n) is 3.33. The summed E-state index contributed by atoms with van der Waals surface area (Å²) in [5.41, 5.74) is 0. The third kappa shape index (κ3) is 4.77. The Morgan fingerprint density at radius 2 is 1.77 bits per heavy atom. The average molecular weight is 429 g/mol. The Bertz CT molecular complexity index is 1070. The molecule has 0 saturated carbocycles. The largest absolute Gasteiger partial charge is 0.492 e. The van der Waals surface area contributed by atoms with Crippen molar-refractivity contribution in [1.82, 2.24) is 23.8 Å². The first-order chi connectivity index (χ1) is 14.5. The third-order valence-electron chi connectivity index (χ3n) is 4.89. The molecule has 1 aromatic carbocycles. The van der Waals surface area contributed by atoms with E-state index in [1.54, 1.807) is 12.5 Å². The fourth-order valence-corrected chi connectivity index (χ4v) is 4.60. The van der Waals surface area contributed by atoms with E-state index in [4.69, 9.17) is 4.74 Å². The second-order valence-electron chi connectivity index (χ2n) is 6.97. The summed E-state index contributed by atoms with van der Waals surface area (Å²) in [6.07, 6.45) is 5.21. The lowest BCUT2D eigenvalue weighted by atomic mass is 10.3. The van der Waals surface area contributed by atoms with E-state index in [9.17, 15) is 8.42 Å². The van der Waals surface area contributed by atoms with Crippen LogP contribution in [0.25, 0.3) is 5.82 Å². The fraction of sp³-hybridized carbons (Fsp3) is 0.350. The van der Waals surface area contributed by atoms with Crippen LogP contribution in [0.3, 0.4) is 0 Å². The zero-order chi connectivity index (χ0) is 21.0. The van der Waals surface area contributed by atoms with Crippen LogP contribution in [0.4, 0.5) is 5.82 Å². The Morgan fingerprint density at radius 3 is 2.47 bits per heavy atom. The molecule has 2 aromatic heterocycles. The molecule has 0 aliphatic carbocycles. The number of anilines is 1. The molecule has 1 fully saturated rings. The number of hydrogen-bond acceptors (Lipinski definition) is 7. The number of aryl methyl sites for hydroxylation is 1. The zero-order valence-electron chi connectivity index (χ0n) is 16.8. The minimum Gasteiger partial charge on any atom is -0.492 e. The van der Waals surface area contributed by atoms with Gasteiger partial charge in [0.1, 0.15) is 36.1 Å². The van der Waals surface area contributed by atoms with Crippen LogP contribution in [-0.4, -0.2) is 70.8 Å². The summed E-state index contributed by atoms with van der Waals surface area (Å²) in [7, 11) is -3.37. The Hall–Kier alpha value is -2.98. The molecule has 0 radical (unpaired) electrons. The van der Waals surface area contributed by atoms with E-state index in [1.165, 1.54) is 4.31 Å². The van der Waals surface area contributed by atoms with Crippen molar-refractivity contribution in [2.24, 2.45) is 0 Å². The van der Waals surface area contributed by atoms with Crippen LogP contribution >= 0.6 is 0 Å². The van der Waals surface area contributed by atoms with Crippen molar-refractivity contribution in [3.63, 3.8) is 0 Å². The van der Waals surface area contributed by atoms with E-state index >= 15 is 0 Å². The molecule has 0 atom stereocenters. The maximum atomic E-state index is 12.7. The molecule has 30 heavy (non-hydrogen) atoms. The van der Waals surface area contributed by atoms with E-state index in [0.29, 0.717) is 37.8 Å². The normalized spacial score (nSPS) is 15.3. The summed E-state index contributed by atoms with van der Waals surface area (Å²) in [4.78, 5) is 15.1. The van der Waals surface area contributed by atoms with Crippen LogP contribution in [0.15, 0.2) is 55.1 Å². The Balaban J connectivity index is 1.35. The lowest BCUT2D eigenvalue weighted by molar-refractivity contribution is 0.331. The van der Waals surface area contributed by atoms with Crippen LogP contribution < -0.4 is 9.64 Å². The van der Waals surface area contributed by atoms with Crippen molar-refractivity contribution in [3.05, 3.63) is 60.9 Å². The highest BCUT2D eigenvalue weighted by Gasteiger charge is 2.27. The highest BCUT2D eigenvalue weighted by molar-refractivity contribution is 7.89. The lowest BCUT2D eigenvalue weighted by Gasteiger charge is -2.34. The summed E-state index contributed by atoms with van der Waals surface area (Å²) in [6.45, 7) is 3.94. The topological polar surface area (TPSA) is 93.5 Å². The van der Waals surface area contributed by atoms with Gasteiger partial charge in [-0.2, -0.15) is 4.31 Å². The van der Waals surface area contributed by atoms with Gasteiger partial charge in [-0.3, -0.25) is 4.57 Å². The average Bonchev–Trinajstić information content (AvgIpc) is 3.29. The molecule has 9 nitrogen and oxygen atoms in total. The monoisotopic (exact) mass is 428 g/mol. The predicted octanol–water partition coefficient (Wildman–Crippen LogP) is 1.50. The summed E-state index contributed by atoms with van der Waals surface area (Å²) in [6, 6.07) is 11.1. The Labute approximate surface area is 176 Å². The van der Waals surface area contributed by atoms with E-state index in [2.05, 4.69) is 19.9 Å². The number of nitrogens with zero attached hydrogens (tertiary/aromatic N) is 6. The second kappa shape index (κ2) is 8.80. The molecule has 4 rings (SSSR count). The van der Waals surface area contributed by atoms with Gasteiger partial charge in [-0.05, 0) is 19.1 Å². The van der Waals surface area contributed by atoms with E-state index in [-0.39, 0.29) is 12.4 Å². The third-order valence-corrected chi connectivity index (χ3v) is 6.72. The van der Waals surface area contributed by atoms with Gasteiger partial charge in [0.05, 0.1) is 5.75 Å². The van der Waals surface area contributed by atoms with Crippen molar-refractivity contribution in [2.45, 2.75) is 6.92 Å². The molecule has 0 unspecified atom stereocenters. The summed E-state index contributed by atoms with van der Waals surface area (Å²) < 4.78 is 34.2. The molecule has 3 heterocycles. The van der Waals surface area contributed by atoms with E-state index < -0.39 is 10.0 Å². The molecular weight excluding hydrogens is 404 g/mol. The molecule has 158 valence electrons. The Kier molecular flexibility index (Phi) is 5.96. The van der Waals surface area contributed by atoms with Gasteiger partial charge < -0.3 is 9.64 Å². The maximum absolute atomic E-state index is 12.7.